The van der Waals surface area contributed by atoms with Crippen molar-refractivity contribution in [3.05, 3.63) is 60.8 Å². The number of nitrogens with one attached hydrogen (secondary N) is 1. The van der Waals surface area contributed by atoms with E-state index < -0.39 is 0 Å². The average Bonchev–Trinajstić information content (AvgIpc) is 2.32. The van der Waals surface area contributed by atoms with Gasteiger partial charge in [-0.1, -0.05) is 27.5 Å². The smallest absolute Gasteiger partial charge is 0.123 e. The number of hydrogen-bond acceptors (Lipinski definition) is 1. The Hall–Kier alpha value is -0.330. The molecule has 0 heterocycles. The first-order chi connectivity index (χ1) is 8.56. The molecule has 0 bridgehead atoms. The molecule has 0 fully saturated rings. The lowest BCUT2D eigenvalue weighted by atomic mass is 10.2. The van der Waals surface area contributed by atoms with Gasteiger partial charge in [-0.25, -0.2) is 4.39 Å². The summed E-state index contributed by atoms with van der Waals surface area (Å²) in [4.78, 5) is 0. The summed E-state index contributed by atoms with van der Waals surface area (Å²) in [5.74, 6) is -0.247. The van der Waals surface area contributed by atoms with Crippen LogP contribution in [0.2, 0.25) is 5.02 Å². The standard InChI is InChI=1S/C13H9BrClFIN/c14-11-3-1-9(16)5-8(11)7-18-13-4-2-10(17)6-12(13)15/h1-6,18H,7H2. The molecule has 0 saturated carbocycles. The van der Waals surface area contributed by atoms with Crippen LogP contribution in [0.3, 0.4) is 0 Å². The van der Waals surface area contributed by atoms with Gasteiger partial charge in [0.1, 0.15) is 5.82 Å². The van der Waals surface area contributed by atoms with E-state index in [-0.39, 0.29) is 5.82 Å². The first kappa shape index (κ1) is 14.1. The van der Waals surface area contributed by atoms with E-state index in [1.54, 1.807) is 6.07 Å². The van der Waals surface area contributed by atoms with Crippen LogP contribution in [0.25, 0.3) is 0 Å². The summed E-state index contributed by atoms with van der Waals surface area (Å²) >= 11 is 11.7. The van der Waals surface area contributed by atoms with Crippen molar-refractivity contribution in [1.29, 1.82) is 0 Å². The monoisotopic (exact) mass is 439 g/mol. The average molecular weight is 440 g/mol. The Balaban J connectivity index is 2.13. The van der Waals surface area contributed by atoms with E-state index in [0.717, 1.165) is 19.3 Å². The number of anilines is 1. The van der Waals surface area contributed by atoms with Crippen LogP contribution in [0.15, 0.2) is 40.9 Å². The summed E-state index contributed by atoms with van der Waals surface area (Å²) in [5, 5.41) is 3.85. The van der Waals surface area contributed by atoms with Gasteiger partial charge in [-0.15, -0.1) is 0 Å². The van der Waals surface area contributed by atoms with E-state index in [1.165, 1.54) is 12.1 Å². The third-order valence-corrected chi connectivity index (χ3v) is 4.17. The summed E-state index contributed by atoms with van der Waals surface area (Å²) in [7, 11) is 0. The van der Waals surface area contributed by atoms with Crippen molar-refractivity contribution >= 4 is 55.8 Å². The highest BCUT2D eigenvalue weighted by Crippen LogP contribution is 2.25. The fourth-order valence-electron chi connectivity index (χ4n) is 1.50. The maximum Gasteiger partial charge on any atom is 0.123 e. The molecule has 0 saturated heterocycles. The van der Waals surface area contributed by atoms with Gasteiger partial charge in [0.05, 0.1) is 10.7 Å². The van der Waals surface area contributed by atoms with Gasteiger partial charge in [0.2, 0.25) is 0 Å². The van der Waals surface area contributed by atoms with E-state index in [0.29, 0.717) is 11.6 Å². The van der Waals surface area contributed by atoms with E-state index in [1.807, 2.05) is 18.2 Å². The molecule has 0 aliphatic heterocycles. The van der Waals surface area contributed by atoms with Gasteiger partial charge in [0.25, 0.3) is 0 Å². The lowest BCUT2D eigenvalue weighted by Gasteiger charge is -2.10. The van der Waals surface area contributed by atoms with E-state index in [9.17, 15) is 4.39 Å². The SMILES string of the molecule is Fc1ccc(Br)c(CNc2ccc(I)cc2Cl)c1. The molecule has 0 aromatic heterocycles. The molecule has 0 aliphatic rings. The second-order valence-corrected chi connectivity index (χ2v) is 6.22. The van der Waals surface area contributed by atoms with E-state index in [4.69, 9.17) is 11.6 Å². The van der Waals surface area contributed by atoms with Crippen LogP contribution in [0.5, 0.6) is 0 Å². The highest BCUT2D eigenvalue weighted by molar-refractivity contribution is 14.1. The van der Waals surface area contributed by atoms with Crippen LogP contribution in [0.1, 0.15) is 5.56 Å². The molecule has 0 spiro atoms. The van der Waals surface area contributed by atoms with Crippen LogP contribution < -0.4 is 5.32 Å². The van der Waals surface area contributed by atoms with E-state index in [2.05, 4.69) is 43.8 Å². The maximum absolute atomic E-state index is 13.1. The van der Waals surface area contributed by atoms with Gasteiger partial charge in [-0.05, 0) is 64.6 Å². The molecule has 5 heteroatoms. The van der Waals surface area contributed by atoms with Crippen LogP contribution in [-0.4, -0.2) is 0 Å². The zero-order valence-corrected chi connectivity index (χ0v) is 13.7. The molecule has 0 amide bonds. The Morgan fingerprint density at radius 1 is 1.22 bits per heavy atom. The molecule has 2 aromatic carbocycles. The molecule has 2 aromatic rings. The van der Waals surface area contributed by atoms with Crippen molar-refractivity contribution in [2.75, 3.05) is 5.32 Å². The van der Waals surface area contributed by atoms with Crippen LogP contribution in [-0.2, 0) is 6.54 Å². The zero-order valence-electron chi connectivity index (χ0n) is 9.18. The van der Waals surface area contributed by atoms with Crippen molar-refractivity contribution in [2.24, 2.45) is 0 Å². The van der Waals surface area contributed by atoms with Crippen LogP contribution in [0.4, 0.5) is 10.1 Å². The molecule has 0 unspecified atom stereocenters. The lowest BCUT2D eigenvalue weighted by Crippen LogP contribution is -2.01. The third kappa shape index (κ3) is 3.59. The molecule has 0 aliphatic carbocycles. The normalized spacial score (nSPS) is 10.4. The fourth-order valence-corrected chi connectivity index (χ4v) is 2.81. The zero-order chi connectivity index (χ0) is 13.1. The Morgan fingerprint density at radius 3 is 2.72 bits per heavy atom. The predicted molar refractivity (Wildman–Crippen MR) is 85.6 cm³/mol. The molecule has 18 heavy (non-hydrogen) atoms. The molecular formula is C13H9BrClFIN. The highest BCUT2D eigenvalue weighted by Gasteiger charge is 2.04. The first-order valence-corrected chi connectivity index (χ1v) is 7.44. The van der Waals surface area contributed by atoms with E-state index >= 15 is 0 Å². The molecule has 0 atom stereocenters. The predicted octanol–water partition coefficient (Wildman–Crippen LogP) is 5.46. The first-order valence-electron chi connectivity index (χ1n) is 5.19. The van der Waals surface area contributed by atoms with Gasteiger partial charge in [0, 0.05) is 14.6 Å². The Kier molecular flexibility index (Phi) is 4.86. The largest absolute Gasteiger partial charge is 0.380 e. The van der Waals surface area contributed by atoms with Crippen molar-refractivity contribution in [3.63, 3.8) is 0 Å². The van der Waals surface area contributed by atoms with Gasteiger partial charge < -0.3 is 5.32 Å². The minimum atomic E-state index is -0.247. The number of benzene rings is 2. The van der Waals surface area contributed by atoms with Crippen molar-refractivity contribution < 1.29 is 4.39 Å². The highest BCUT2D eigenvalue weighted by atomic mass is 127. The lowest BCUT2D eigenvalue weighted by molar-refractivity contribution is 0.625. The Labute approximate surface area is 132 Å². The molecule has 0 radical (unpaired) electrons. The molecule has 2 rings (SSSR count). The number of halogens is 4. The molecular weight excluding hydrogens is 431 g/mol. The molecule has 1 nitrogen and oxygen atoms in total. The van der Waals surface area contributed by atoms with Gasteiger partial charge in [0.15, 0.2) is 0 Å². The summed E-state index contributed by atoms with van der Waals surface area (Å²) < 4.78 is 15.1. The van der Waals surface area contributed by atoms with Crippen molar-refractivity contribution in [3.8, 4) is 0 Å². The summed E-state index contributed by atoms with van der Waals surface area (Å²) in [6, 6.07) is 10.4. The summed E-state index contributed by atoms with van der Waals surface area (Å²) in [6.07, 6.45) is 0. The van der Waals surface area contributed by atoms with Crippen molar-refractivity contribution in [2.45, 2.75) is 6.54 Å². The second kappa shape index (κ2) is 6.21. The molecule has 1 N–H and O–H groups in total. The second-order valence-electron chi connectivity index (χ2n) is 3.71. The Bertz CT molecular complexity index is 577. The molecule has 94 valence electrons. The van der Waals surface area contributed by atoms with Gasteiger partial charge >= 0.3 is 0 Å². The minimum Gasteiger partial charge on any atom is -0.380 e. The quantitative estimate of drug-likeness (QED) is 0.625. The number of rotatable bonds is 3. The topological polar surface area (TPSA) is 12.0 Å². The summed E-state index contributed by atoms with van der Waals surface area (Å²) in [6.45, 7) is 0.513. The Morgan fingerprint density at radius 2 is 2.00 bits per heavy atom. The van der Waals surface area contributed by atoms with Crippen molar-refractivity contribution in [1.82, 2.24) is 0 Å². The minimum absolute atomic E-state index is 0.247. The van der Waals surface area contributed by atoms with Crippen LogP contribution >= 0.6 is 50.1 Å². The maximum atomic E-state index is 13.1. The number of hydrogen-bond donors (Lipinski definition) is 1. The summed E-state index contributed by atoms with van der Waals surface area (Å²) in [5.41, 5.74) is 1.69. The van der Waals surface area contributed by atoms with Crippen LogP contribution in [0, 0.1) is 9.39 Å². The third-order valence-electron chi connectivity index (χ3n) is 2.41. The van der Waals surface area contributed by atoms with Gasteiger partial charge in [-0.2, -0.15) is 0 Å². The fraction of sp³-hybridized carbons (Fsp3) is 0.0769. The van der Waals surface area contributed by atoms with Gasteiger partial charge in [-0.3, -0.25) is 0 Å².